The third-order valence-corrected chi connectivity index (χ3v) is 3.04. The zero-order valence-corrected chi connectivity index (χ0v) is 10.8. The highest BCUT2D eigenvalue weighted by molar-refractivity contribution is 5.72. The lowest BCUT2D eigenvalue weighted by molar-refractivity contribution is -0.145. The van der Waals surface area contributed by atoms with Gasteiger partial charge in [0, 0.05) is 24.5 Å². The van der Waals surface area contributed by atoms with Gasteiger partial charge in [0.1, 0.15) is 0 Å². The van der Waals surface area contributed by atoms with E-state index in [0.717, 1.165) is 5.56 Å². The van der Waals surface area contributed by atoms with Crippen molar-refractivity contribution in [1.82, 2.24) is 10.3 Å². The smallest absolute Gasteiger partial charge is 0.309 e. The Labute approximate surface area is 102 Å². The fourth-order valence-corrected chi connectivity index (χ4v) is 1.68. The van der Waals surface area contributed by atoms with Crippen LogP contribution < -0.4 is 5.32 Å². The minimum Gasteiger partial charge on any atom is -0.469 e. The molecule has 0 spiro atoms. The molecule has 1 N–H and O–H groups in total. The van der Waals surface area contributed by atoms with Gasteiger partial charge in [-0.05, 0) is 31.5 Å². The van der Waals surface area contributed by atoms with Crippen molar-refractivity contribution >= 4 is 5.97 Å². The van der Waals surface area contributed by atoms with Gasteiger partial charge in [-0.25, -0.2) is 0 Å². The lowest BCUT2D eigenvalue weighted by Crippen LogP contribution is -2.38. The van der Waals surface area contributed by atoms with Gasteiger partial charge in [0.2, 0.25) is 0 Å². The summed E-state index contributed by atoms with van der Waals surface area (Å²) in [5.74, 6) is -0.351. The highest BCUT2D eigenvalue weighted by Crippen LogP contribution is 2.14. The van der Waals surface area contributed by atoms with Crippen LogP contribution in [-0.4, -0.2) is 24.1 Å². The van der Waals surface area contributed by atoms with Crippen molar-refractivity contribution in [1.29, 1.82) is 0 Å². The van der Waals surface area contributed by atoms with Crippen LogP contribution in [0, 0.1) is 5.92 Å². The van der Waals surface area contributed by atoms with Crippen molar-refractivity contribution in [3.63, 3.8) is 0 Å². The van der Waals surface area contributed by atoms with Gasteiger partial charge in [0.05, 0.1) is 13.0 Å². The Hall–Kier alpha value is -1.42. The topological polar surface area (TPSA) is 51.2 Å². The summed E-state index contributed by atoms with van der Waals surface area (Å²) in [6.07, 6.45) is 3.53. The van der Waals surface area contributed by atoms with E-state index in [1.807, 2.05) is 26.0 Å². The van der Waals surface area contributed by atoms with Crippen LogP contribution >= 0.6 is 0 Å². The fourth-order valence-electron chi connectivity index (χ4n) is 1.68. The average Bonchev–Trinajstić information content (AvgIpc) is 2.37. The summed E-state index contributed by atoms with van der Waals surface area (Å²) in [5.41, 5.74) is 1.16. The number of ether oxygens (including phenoxy) is 1. The lowest BCUT2D eigenvalue weighted by atomic mass is 10.0. The van der Waals surface area contributed by atoms with Crippen molar-refractivity contribution < 1.29 is 9.53 Å². The van der Waals surface area contributed by atoms with Crippen LogP contribution in [0.2, 0.25) is 0 Å². The monoisotopic (exact) mass is 236 g/mol. The minimum absolute atomic E-state index is 0.0608. The molecule has 0 amide bonds. The Morgan fingerprint density at radius 1 is 1.29 bits per heavy atom. The number of esters is 1. The molecule has 4 heteroatoms. The van der Waals surface area contributed by atoms with Gasteiger partial charge in [0.15, 0.2) is 0 Å². The van der Waals surface area contributed by atoms with Crippen LogP contribution in [0.25, 0.3) is 0 Å². The second kappa shape index (κ2) is 6.35. The Kier molecular flexibility index (Phi) is 5.10. The maximum atomic E-state index is 11.4. The van der Waals surface area contributed by atoms with Gasteiger partial charge in [-0.15, -0.1) is 0 Å². The third kappa shape index (κ3) is 3.82. The molecule has 0 radical (unpaired) electrons. The van der Waals surface area contributed by atoms with E-state index in [0.29, 0.717) is 0 Å². The third-order valence-electron chi connectivity index (χ3n) is 3.04. The lowest BCUT2D eigenvalue weighted by Gasteiger charge is -2.23. The molecule has 0 aliphatic heterocycles. The first-order valence-corrected chi connectivity index (χ1v) is 5.80. The number of hydrogen-bond donors (Lipinski definition) is 1. The number of carbonyl (C=O) groups is 1. The first-order chi connectivity index (χ1) is 8.06. The zero-order valence-electron chi connectivity index (χ0n) is 10.8. The predicted molar refractivity (Wildman–Crippen MR) is 66.4 cm³/mol. The number of aromatic nitrogens is 1. The number of nitrogens with zero attached hydrogens (tertiary/aromatic N) is 1. The molecular formula is C13H20N2O2. The molecule has 94 valence electrons. The Morgan fingerprint density at radius 2 is 1.88 bits per heavy atom. The number of pyridine rings is 1. The first-order valence-electron chi connectivity index (χ1n) is 5.80. The first kappa shape index (κ1) is 13.6. The second-order valence-corrected chi connectivity index (χ2v) is 4.27. The summed E-state index contributed by atoms with van der Waals surface area (Å²) in [4.78, 5) is 15.4. The zero-order chi connectivity index (χ0) is 12.8. The van der Waals surface area contributed by atoms with E-state index in [4.69, 9.17) is 4.74 Å². The van der Waals surface area contributed by atoms with Gasteiger partial charge < -0.3 is 10.1 Å². The quantitative estimate of drug-likeness (QED) is 0.794. The van der Waals surface area contributed by atoms with Gasteiger partial charge in [-0.2, -0.15) is 0 Å². The van der Waals surface area contributed by atoms with Crippen molar-refractivity contribution in [3.05, 3.63) is 30.1 Å². The molecule has 1 heterocycles. The standard InChI is InChI=1S/C13H20N2O2/c1-9(13(16)17-4)10(2)15-11(3)12-5-7-14-8-6-12/h5-11,15H,1-4H3/t9?,10?,11-/m0/s1. The molecule has 0 saturated carbocycles. The summed E-state index contributed by atoms with van der Waals surface area (Å²) < 4.78 is 4.73. The molecule has 1 aromatic heterocycles. The molecular weight excluding hydrogens is 216 g/mol. The Balaban J connectivity index is 2.57. The van der Waals surface area contributed by atoms with Crippen molar-refractivity contribution in [2.75, 3.05) is 7.11 Å². The summed E-state index contributed by atoms with van der Waals surface area (Å²) in [7, 11) is 1.41. The fraction of sp³-hybridized carbons (Fsp3) is 0.538. The molecule has 1 rings (SSSR count). The molecule has 2 unspecified atom stereocenters. The number of carbonyl (C=O) groups excluding carboxylic acids is 1. The van der Waals surface area contributed by atoms with Gasteiger partial charge in [-0.1, -0.05) is 6.92 Å². The van der Waals surface area contributed by atoms with Crippen LogP contribution in [0.3, 0.4) is 0 Å². The van der Waals surface area contributed by atoms with E-state index in [9.17, 15) is 4.79 Å². The number of methoxy groups -OCH3 is 1. The average molecular weight is 236 g/mol. The minimum atomic E-state index is -0.188. The van der Waals surface area contributed by atoms with Crippen LogP contribution in [0.5, 0.6) is 0 Å². The van der Waals surface area contributed by atoms with Crippen LogP contribution in [0.15, 0.2) is 24.5 Å². The molecule has 1 aromatic rings. The van der Waals surface area contributed by atoms with Crippen LogP contribution in [-0.2, 0) is 9.53 Å². The van der Waals surface area contributed by atoms with Crippen molar-refractivity contribution in [2.24, 2.45) is 5.92 Å². The highest BCUT2D eigenvalue weighted by atomic mass is 16.5. The molecule has 0 saturated heterocycles. The highest BCUT2D eigenvalue weighted by Gasteiger charge is 2.22. The summed E-state index contributed by atoms with van der Waals surface area (Å²) in [6, 6.07) is 4.17. The van der Waals surface area contributed by atoms with E-state index in [1.54, 1.807) is 12.4 Å². The summed E-state index contributed by atoms with van der Waals surface area (Å²) >= 11 is 0. The molecule has 3 atom stereocenters. The van der Waals surface area contributed by atoms with Gasteiger partial charge >= 0.3 is 5.97 Å². The molecule has 4 nitrogen and oxygen atoms in total. The molecule has 0 aliphatic rings. The summed E-state index contributed by atoms with van der Waals surface area (Å²) in [6.45, 7) is 5.91. The van der Waals surface area contributed by atoms with Crippen molar-refractivity contribution in [3.8, 4) is 0 Å². The number of rotatable bonds is 5. The van der Waals surface area contributed by atoms with Gasteiger partial charge in [0.25, 0.3) is 0 Å². The molecule has 0 aliphatic carbocycles. The van der Waals surface area contributed by atoms with E-state index >= 15 is 0 Å². The van der Waals surface area contributed by atoms with Gasteiger partial charge in [-0.3, -0.25) is 9.78 Å². The molecule has 17 heavy (non-hydrogen) atoms. The SMILES string of the molecule is COC(=O)C(C)C(C)N[C@@H](C)c1ccncc1. The normalized spacial score (nSPS) is 16.0. The largest absolute Gasteiger partial charge is 0.469 e. The van der Waals surface area contributed by atoms with E-state index in [1.165, 1.54) is 7.11 Å². The predicted octanol–water partition coefficient (Wildman–Crippen LogP) is 1.93. The van der Waals surface area contributed by atoms with E-state index in [-0.39, 0.29) is 24.0 Å². The van der Waals surface area contributed by atoms with E-state index in [2.05, 4.69) is 17.2 Å². The summed E-state index contributed by atoms with van der Waals surface area (Å²) in [5, 5.41) is 3.38. The van der Waals surface area contributed by atoms with Crippen molar-refractivity contribution in [2.45, 2.75) is 32.9 Å². The molecule has 0 bridgehead atoms. The Morgan fingerprint density at radius 3 is 2.41 bits per heavy atom. The number of hydrogen-bond acceptors (Lipinski definition) is 4. The Bertz CT molecular complexity index is 354. The van der Waals surface area contributed by atoms with Crippen LogP contribution in [0.1, 0.15) is 32.4 Å². The maximum absolute atomic E-state index is 11.4. The molecule has 0 aromatic carbocycles. The molecule has 0 fully saturated rings. The maximum Gasteiger partial charge on any atom is 0.309 e. The van der Waals surface area contributed by atoms with Crippen LogP contribution in [0.4, 0.5) is 0 Å². The van der Waals surface area contributed by atoms with E-state index < -0.39 is 0 Å². The number of nitrogens with one attached hydrogen (secondary N) is 1. The second-order valence-electron chi connectivity index (χ2n) is 4.27.